The van der Waals surface area contributed by atoms with Crippen molar-refractivity contribution in [2.45, 2.75) is 19.3 Å². The molecule has 146 valence electrons. The number of hydrogen-bond donors (Lipinski definition) is 1. The van der Waals surface area contributed by atoms with Crippen molar-refractivity contribution >= 4 is 0 Å². The predicted molar refractivity (Wildman–Crippen MR) is 113 cm³/mol. The molecule has 5 heteroatoms. The Morgan fingerprint density at radius 1 is 0.571 bits per heavy atom. The number of hydrogen-bond acceptors (Lipinski definition) is 5. The second-order valence-corrected chi connectivity index (χ2v) is 6.80. The molecule has 0 saturated heterocycles. The predicted octanol–water partition coefficient (Wildman–Crippen LogP) is 2.79. The summed E-state index contributed by atoms with van der Waals surface area (Å²) in [5.41, 5.74) is 3.43. The van der Waals surface area contributed by atoms with Gasteiger partial charge in [0.05, 0.1) is 0 Å². The molecule has 0 atom stereocenters. The highest BCUT2D eigenvalue weighted by molar-refractivity contribution is 5.05. The monoisotopic (exact) mass is 375 g/mol. The van der Waals surface area contributed by atoms with Crippen LogP contribution in [-0.2, 0) is 19.3 Å². The number of nitrogens with zero attached hydrogens (tertiary/aromatic N) is 4. The summed E-state index contributed by atoms with van der Waals surface area (Å²) in [6, 6.07) is 18.3. The number of nitrogens with one attached hydrogen (secondary N) is 1. The van der Waals surface area contributed by atoms with Gasteiger partial charge < -0.3 is 10.2 Å². The van der Waals surface area contributed by atoms with Gasteiger partial charge in [-0.3, -0.25) is 15.0 Å². The summed E-state index contributed by atoms with van der Waals surface area (Å²) in [5.74, 6) is 0. The van der Waals surface area contributed by atoms with Gasteiger partial charge >= 0.3 is 0 Å². The van der Waals surface area contributed by atoms with Gasteiger partial charge in [-0.05, 0) is 36.4 Å². The minimum Gasteiger partial charge on any atom is -0.315 e. The van der Waals surface area contributed by atoms with E-state index < -0.39 is 0 Å². The molecule has 0 fully saturated rings. The van der Waals surface area contributed by atoms with Gasteiger partial charge in [-0.15, -0.1) is 0 Å². The van der Waals surface area contributed by atoms with E-state index in [0.29, 0.717) is 0 Å². The maximum absolute atomic E-state index is 4.45. The molecule has 0 aromatic carbocycles. The van der Waals surface area contributed by atoms with Gasteiger partial charge in [-0.2, -0.15) is 0 Å². The minimum absolute atomic E-state index is 0.950. The van der Waals surface area contributed by atoms with Crippen LogP contribution in [0.15, 0.2) is 73.2 Å². The Kier molecular flexibility index (Phi) is 8.59. The fourth-order valence-corrected chi connectivity index (χ4v) is 3.10. The standard InChI is InChI=1S/C23H29N5/c1-4-13-25-21(7-1)10-16-24-17-20-28(18-11-22-8-2-5-14-26-22)19-12-23-9-3-6-15-27-23/h1-9,13-15,24H,10-12,16-20H2. The molecule has 0 aliphatic rings. The van der Waals surface area contributed by atoms with Crippen molar-refractivity contribution in [3.63, 3.8) is 0 Å². The lowest BCUT2D eigenvalue weighted by Crippen LogP contribution is -2.36. The molecule has 3 heterocycles. The van der Waals surface area contributed by atoms with E-state index in [-0.39, 0.29) is 0 Å². The summed E-state index contributed by atoms with van der Waals surface area (Å²) in [6.45, 7) is 4.95. The van der Waals surface area contributed by atoms with Crippen LogP contribution in [-0.4, -0.2) is 52.6 Å². The molecule has 0 spiro atoms. The molecule has 28 heavy (non-hydrogen) atoms. The quantitative estimate of drug-likeness (QED) is 0.493. The Morgan fingerprint density at radius 3 is 1.54 bits per heavy atom. The maximum atomic E-state index is 4.45. The third-order valence-electron chi connectivity index (χ3n) is 4.71. The van der Waals surface area contributed by atoms with Crippen LogP contribution < -0.4 is 5.32 Å². The van der Waals surface area contributed by atoms with Crippen molar-refractivity contribution in [1.82, 2.24) is 25.2 Å². The first-order valence-electron chi connectivity index (χ1n) is 10.0. The first kappa shape index (κ1) is 20.1. The van der Waals surface area contributed by atoms with Crippen LogP contribution in [0.2, 0.25) is 0 Å². The average Bonchev–Trinajstić information content (AvgIpc) is 2.77. The maximum Gasteiger partial charge on any atom is 0.0416 e. The Labute approximate surface area is 167 Å². The normalized spacial score (nSPS) is 11.0. The molecule has 0 amide bonds. The molecule has 0 aliphatic heterocycles. The summed E-state index contributed by atoms with van der Waals surface area (Å²) < 4.78 is 0. The summed E-state index contributed by atoms with van der Waals surface area (Å²) >= 11 is 0. The van der Waals surface area contributed by atoms with Crippen LogP contribution in [0.3, 0.4) is 0 Å². The van der Waals surface area contributed by atoms with Gasteiger partial charge in [0.2, 0.25) is 0 Å². The van der Waals surface area contributed by atoms with Crippen molar-refractivity contribution in [3.05, 3.63) is 90.3 Å². The third-order valence-corrected chi connectivity index (χ3v) is 4.71. The second kappa shape index (κ2) is 12.0. The number of rotatable bonds is 12. The summed E-state index contributed by atoms with van der Waals surface area (Å²) in [4.78, 5) is 15.8. The molecule has 1 N–H and O–H groups in total. The summed E-state index contributed by atoms with van der Waals surface area (Å²) in [7, 11) is 0. The number of pyridine rings is 3. The highest BCUT2D eigenvalue weighted by Gasteiger charge is 2.07. The van der Waals surface area contributed by atoms with Crippen LogP contribution in [0.5, 0.6) is 0 Å². The van der Waals surface area contributed by atoms with Crippen LogP contribution in [0.25, 0.3) is 0 Å². The summed E-state index contributed by atoms with van der Waals surface area (Å²) in [6.07, 6.45) is 8.49. The average molecular weight is 376 g/mol. The topological polar surface area (TPSA) is 53.9 Å². The third kappa shape index (κ3) is 7.55. The zero-order valence-corrected chi connectivity index (χ0v) is 16.4. The largest absolute Gasteiger partial charge is 0.315 e. The summed E-state index contributed by atoms with van der Waals surface area (Å²) in [5, 5.41) is 3.55. The van der Waals surface area contributed by atoms with Crippen molar-refractivity contribution in [2.24, 2.45) is 0 Å². The molecular weight excluding hydrogens is 346 g/mol. The fraction of sp³-hybridized carbons (Fsp3) is 0.348. The molecule has 0 bridgehead atoms. The van der Waals surface area contributed by atoms with E-state index in [2.05, 4.69) is 55.5 Å². The van der Waals surface area contributed by atoms with E-state index in [4.69, 9.17) is 0 Å². The van der Waals surface area contributed by atoms with Gasteiger partial charge in [0, 0.05) is 87.7 Å². The Hall–Kier alpha value is -2.63. The van der Waals surface area contributed by atoms with Crippen molar-refractivity contribution < 1.29 is 0 Å². The van der Waals surface area contributed by atoms with Gasteiger partial charge in [-0.1, -0.05) is 18.2 Å². The van der Waals surface area contributed by atoms with Crippen LogP contribution in [0.4, 0.5) is 0 Å². The molecule has 0 radical (unpaired) electrons. The van der Waals surface area contributed by atoms with Crippen LogP contribution in [0, 0.1) is 0 Å². The fourth-order valence-electron chi connectivity index (χ4n) is 3.10. The highest BCUT2D eigenvalue weighted by Crippen LogP contribution is 2.01. The van der Waals surface area contributed by atoms with Crippen molar-refractivity contribution in [3.8, 4) is 0 Å². The van der Waals surface area contributed by atoms with E-state index in [1.54, 1.807) is 0 Å². The molecule has 5 nitrogen and oxygen atoms in total. The molecule has 0 aliphatic carbocycles. The second-order valence-electron chi connectivity index (χ2n) is 6.80. The lowest BCUT2D eigenvalue weighted by atomic mass is 10.2. The first-order valence-corrected chi connectivity index (χ1v) is 10.0. The van der Waals surface area contributed by atoms with E-state index in [1.165, 1.54) is 0 Å². The molecule has 3 aromatic rings. The Bertz CT molecular complexity index is 721. The van der Waals surface area contributed by atoms with Gasteiger partial charge in [0.1, 0.15) is 0 Å². The first-order chi connectivity index (χ1) is 13.9. The van der Waals surface area contributed by atoms with Crippen LogP contribution >= 0.6 is 0 Å². The SMILES string of the molecule is c1ccc(CCNCCN(CCc2ccccn2)CCc2ccccn2)nc1. The molecule has 3 aromatic heterocycles. The van der Waals surface area contributed by atoms with E-state index in [9.17, 15) is 0 Å². The smallest absolute Gasteiger partial charge is 0.0416 e. The Morgan fingerprint density at radius 2 is 1.07 bits per heavy atom. The van der Waals surface area contributed by atoms with E-state index >= 15 is 0 Å². The zero-order valence-electron chi connectivity index (χ0n) is 16.4. The Balaban J connectivity index is 1.42. The van der Waals surface area contributed by atoms with E-state index in [1.807, 2.05) is 42.9 Å². The van der Waals surface area contributed by atoms with Gasteiger partial charge in [0.25, 0.3) is 0 Å². The molecule has 0 saturated carbocycles. The van der Waals surface area contributed by atoms with Gasteiger partial charge in [-0.25, -0.2) is 0 Å². The van der Waals surface area contributed by atoms with Crippen molar-refractivity contribution in [1.29, 1.82) is 0 Å². The molecule has 3 rings (SSSR count). The van der Waals surface area contributed by atoms with Gasteiger partial charge in [0.15, 0.2) is 0 Å². The lowest BCUT2D eigenvalue weighted by Gasteiger charge is -2.22. The number of aromatic nitrogens is 3. The van der Waals surface area contributed by atoms with Crippen LogP contribution in [0.1, 0.15) is 17.1 Å². The zero-order chi connectivity index (χ0) is 19.3. The van der Waals surface area contributed by atoms with E-state index in [0.717, 1.165) is 69.1 Å². The molecule has 0 unspecified atom stereocenters. The lowest BCUT2D eigenvalue weighted by molar-refractivity contribution is 0.278. The van der Waals surface area contributed by atoms with Crippen molar-refractivity contribution in [2.75, 3.05) is 32.7 Å². The minimum atomic E-state index is 0.950. The highest BCUT2D eigenvalue weighted by atomic mass is 15.1. The molecular formula is C23H29N5.